The number of thiocarbonyl (C=S) groups is 1. The van der Waals surface area contributed by atoms with Gasteiger partial charge in [0.1, 0.15) is 31.2 Å². The molecule has 0 bridgehead atoms. The molecule has 5 rings (SSSR count). The molecule has 3 aliphatic rings. The highest BCUT2D eigenvalue weighted by molar-refractivity contribution is 7.80. The molecule has 5 N–H and O–H groups in total. The van der Waals surface area contributed by atoms with Crippen LogP contribution >= 0.6 is 12.2 Å². The zero-order chi connectivity index (χ0) is 22.9. The lowest BCUT2D eigenvalue weighted by Crippen LogP contribution is -2.42. The van der Waals surface area contributed by atoms with Gasteiger partial charge in [-0.3, -0.25) is 4.57 Å². The third-order valence-corrected chi connectivity index (χ3v) is 6.64. The Morgan fingerprint density at radius 3 is 2.82 bits per heavy atom. The maximum absolute atomic E-state index is 10.7. The molecule has 0 spiro atoms. The Bertz CT molecular complexity index is 987. The minimum absolute atomic E-state index is 0.0561. The number of hydrogen-bond acceptors (Lipinski definition) is 11. The molecule has 12 nitrogen and oxygen atoms in total. The number of rotatable bonds is 6. The smallest absolute Gasteiger partial charge is 0.257 e. The van der Waals surface area contributed by atoms with E-state index >= 15 is 0 Å². The summed E-state index contributed by atoms with van der Waals surface area (Å²) in [7, 11) is 0. The van der Waals surface area contributed by atoms with Gasteiger partial charge in [-0.15, -0.1) is 0 Å². The SMILES string of the molecule is O[C@@H]1[C@@H](COC(=S)N[C@@H]2CCC[C@H]2O)OC(n2cnc3c(N[C@@H]4CCOC4)ncnc32)[C@@H]1O. The van der Waals surface area contributed by atoms with Crippen molar-refractivity contribution in [1.82, 2.24) is 24.8 Å². The molecule has 2 aromatic heterocycles. The summed E-state index contributed by atoms with van der Waals surface area (Å²) in [5.74, 6) is 0.577. The van der Waals surface area contributed by atoms with E-state index in [0.29, 0.717) is 30.2 Å². The van der Waals surface area contributed by atoms with Crippen molar-refractivity contribution in [1.29, 1.82) is 0 Å². The highest BCUT2D eigenvalue weighted by Crippen LogP contribution is 2.32. The number of anilines is 1. The topological polar surface area (TPSA) is 156 Å². The second-order valence-corrected chi connectivity index (χ2v) is 9.02. The summed E-state index contributed by atoms with van der Waals surface area (Å²) in [5, 5.41) is 37.5. The van der Waals surface area contributed by atoms with Gasteiger partial charge in [-0.2, -0.15) is 0 Å². The summed E-state index contributed by atoms with van der Waals surface area (Å²) >= 11 is 5.20. The Kier molecular flexibility index (Phi) is 6.58. The molecular weight excluding hydrogens is 452 g/mol. The lowest BCUT2D eigenvalue weighted by molar-refractivity contribution is -0.0493. The minimum Gasteiger partial charge on any atom is -0.468 e. The van der Waals surface area contributed by atoms with Crippen LogP contribution in [0.3, 0.4) is 0 Å². The van der Waals surface area contributed by atoms with Crippen molar-refractivity contribution in [3.8, 4) is 0 Å². The lowest BCUT2D eigenvalue weighted by Gasteiger charge is -2.20. The lowest BCUT2D eigenvalue weighted by atomic mass is 10.1. The van der Waals surface area contributed by atoms with E-state index in [1.807, 2.05) is 0 Å². The fourth-order valence-electron chi connectivity index (χ4n) is 4.54. The first kappa shape index (κ1) is 22.6. The van der Waals surface area contributed by atoms with Gasteiger partial charge in [0.15, 0.2) is 23.2 Å². The predicted molar refractivity (Wildman–Crippen MR) is 119 cm³/mol. The van der Waals surface area contributed by atoms with E-state index in [0.717, 1.165) is 25.7 Å². The van der Waals surface area contributed by atoms with E-state index in [1.54, 1.807) is 4.57 Å². The van der Waals surface area contributed by atoms with Gasteiger partial charge < -0.3 is 40.2 Å². The molecule has 3 fully saturated rings. The van der Waals surface area contributed by atoms with E-state index < -0.39 is 30.6 Å². The molecule has 13 heteroatoms. The minimum atomic E-state index is -1.22. The molecule has 1 unspecified atom stereocenters. The molecule has 2 aromatic rings. The van der Waals surface area contributed by atoms with Crippen molar-refractivity contribution in [3.05, 3.63) is 12.7 Å². The van der Waals surface area contributed by atoms with Crippen molar-refractivity contribution in [3.63, 3.8) is 0 Å². The molecule has 1 saturated carbocycles. The third-order valence-electron chi connectivity index (χ3n) is 6.40. The summed E-state index contributed by atoms with van der Waals surface area (Å²) in [5.41, 5.74) is 1.01. The molecule has 0 amide bonds. The first-order valence-corrected chi connectivity index (χ1v) is 11.6. The number of aliphatic hydroxyl groups is 3. The summed E-state index contributed by atoms with van der Waals surface area (Å²) < 4.78 is 18.4. The monoisotopic (exact) mass is 480 g/mol. The first-order chi connectivity index (χ1) is 16.0. The summed E-state index contributed by atoms with van der Waals surface area (Å²) in [6.45, 7) is 1.24. The summed E-state index contributed by atoms with van der Waals surface area (Å²) in [6.07, 6.45) is 1.68. The molecular formula is C20H28N6O6S. The summed E-state index contributed by atoms with van der Waals surface area (Å²) in [6, 6.07) is 0.00794. The van der Waals surface area contributed by atoms with Crippen molar-refractivity contribution in [2.24, 2.45) is 0 Å². The van der Waals surface area contributed by atoms with Crippen molar-refractivity contribution < 1.29 is 29.5 Å². The Morgan fingerprint density at radius 1 is 1.18 bits per heavy atom. The van der Waals surface area contributed by atoms with Gasteiger partial charge in [0.05, 0.1) is 31.1 Å². The largest absolute Gasteiger partial charge is 0.468 e. The third kappa shape index (κ3) is 4.61. The van der Waals surface area contributed by atoms with Crippen LogP contribution in [-0.2, 0) is 14.2 Å². The number of hydrogen-bond donors (Lipinski definition) is 5. The van der Waals surface area contributed by atoms with E-state index in [1.165, 1.54) is 12.7 Å². The van der Waals surface area contributed by atoms with Gasteiger partial charge in [-0.25, -0.2) is 15.0 Å². The van der Waals surface area contributed by atoms with Crippen LogP contribution in [0, 0.1) is 0 Å². The van der Waals surface area contributed by atoms with E-state index in [9.17, 15) is 15.3 Å². The number of fused-ring (bicyclic) bond motifs is 1. The molecule has 0 radical (unpaired) electrons. The average Bonchev–Trinajstić information content (AvgIpc) is 3.59. The van der Waals surface area contributed by atoms with Gasteiger partial charge in [0.25, 0.3) is 5.17 Å². The molecule has 2 saturated heterocycles. The number of nitrogens with one attached hydrogen (secondary N) is 2. The van der Waals surface area contributed by atoms with Crippen molar-refractivity contribution >= 4 is 34.4 Å². The normalized spacial score (nSPS) is 34.1. The standard InChI is InChI=1S/C20H28N6O6S/c27-12-3-1-2-11(12)25-20(33)31-7-13-15(28)16(29)19(32-13)26-9-23-14-17(21-8-22-18(14)26)24-10-4-5-30-6-10/h8-13,15-16,19,27-29H,1-7H2,(H,25,33)(H,21,22,24)/t10-,11-,12-,13-,15-,16-,19?/m1/s1. The second kappa shape index (κ2) is 9.60. The van der Waals surface area contributed by atoms with E-state index in [-0.39, 0.29) is 23.9 Å². The van der Waals surface area contributed by atoms with Gasteiger partial charge in [0, 0.05) is 6.61 Å². The molecule has 33 heavy (non-hydrogen) atoms. The average molecular weight is 481 g/mol. The van der Waals surface area contributed by atoms with Crippen molar-refractivity contribution in [2.45, 2.75) is 68.4 Å². The number of imidazole rings is 1. The van der Waals surface area contributed by atoms with Gasteiger partial charge >= 0.3 is 0 Å². The van der Waals surface area contributed by atoms with E-state index in [4.69, 9.17) is 26.4 Å². The highest BCUT2D eigenvalue weighted by atomic mass is 32.1. The van der Waals surface area contributed by atoms with Gasteiger partial charge in [0.2, 0.25) is 0 Å². The molecule has 180 valence electrons. The van der Waals surface area contributed by atoms with Crippen LogP contribution in [0.4, 0.5) is 5.82 Å². The summed E-state index contributed by atoms with van der Waals surface area (Å²) in [4.78, 5) is 13.0. The maximum atomic E-state index is 10.7. The Morgan fingerprint density at radius 2 is 2.06 bits per heavy atom. The maximum Gasteiger partial charge on any atom is 0.257 e. The van der Waals surface area contributed by atoms with Crippen LogP contribution in [0.5, 0.6) is 0 Å². The van der Waals surface area contributed by atoms with E-state index in [2.05, 4.69) is 25.6 Å². The molecule has 7 atom stereocenters. The quantitative estimate of drug-likeness (QED) is 0.337. The number of aromatic nitrogens is 4. The van der Waals surface area contributed by atoms with Crippen LogP contribution in [-0.4, -0.2) is 96.3 Å². The fraction of sp³-hybridized carbons (Fsp3) is 0.700. The number of ether oxygens (including phenoxy) is 3. The molecule has 0 aromatic carbocycles. The van der Waals surface area contributed by atoms with Crippen LogP contribution in [0.2, 0.25) is 0 Å². The second-order valence-electron chi connectivity index (χ2n) is 8.65. The number of aliphatic hydroxyl groups excluding tert-OH is 3. The molecule has 2 aliphatic heterocycles. The first-order valence-electron chi connectivity index (χ1n) is 11.2. The van der Waals surface area contributed by atoms with Crippen LogP contribution in [0.1, 0.15) is 31.9 Å². The zero-order valence-corrected chi connectivity index (χ0v) is 18.7. The molecule has 1 aliphatic carbocycles. The predicted octanol–water partition coefficient (Wildman–Crippen LogP) is -0.549. The Labute approximate surface area is 195 Å². The highest BCUT2D eigenvalue weighted by Gasteiger charge is 2.45. The fourth-order valence-corrected chi connectivity index (χ4v) is 4.76. The van der Waals surface area contributed by atoms with Crippen LogP contribution in [0.25, 0.3) is 11.2 Å². The number of nitrogens with zero attached hydrogens (tertiary/aromatic N) is 4. The zero-order valence-electron chi connectivity index (χ0n) is 17.9. The Hall–Kier alpha value is -2.16. The van der Waals surface area contributed by atoms with Crippen molar-refractivity contribution in [2.75, 3.05) is 25.1 Å². The van der Waals surface area contributed by atoms with Crippen LogP contribution < -0.4 is 10.6 Å². The molecule has 4 heterocycles. The van der Waals surface area contributed by atoms with Gasteiger partial charge in [-0.1, -0.05) is 0 Å². The van der Waals surface area contributed by atoms with Crippen LogP contribution in [0.15, 0.2) is 12.7 Å². The Balaban J connectivity index is 1.24. The van der Waals surface area contributed by atoms with Gasteiger partial charge in [-0.05, 0) is 37.9 Å².